The number of primary amides is 1. The SMILES string of the molecule is NC(=O)C1=CC=NCC=N1. The minimum atomic E-state index is -0.524. The zero-order valence-electron chi connectivity index (χ0n) is 5.32. The first-order valence-corrected chi connectivity index (χ1v) is 2.83. The number of allylic oxidation sites excluding steroid dienone is 1. The Morgan fingerprint density at radius 1 is 1.70 bits per heavy atom. The molecule has 4 heteroatoms. The topological polar surface area (TPSA) is 67.8 Å². The van der Waals surface area contributed by atoms with Gasteiger partial charge in [0.1, 0.15) is 5.70 Å². The number of amides is 1. The summed E-state index contributed by atoms with van der Waals surface area (Å²) in [6.07, 6.45) is 4.55. The minimum absolute atomic E-state index is 0.251. The summed E-state index contributed by atoms with van der Waals surface area (Å²) in [7, 11) is 0. The Hall–Kier alpha value is -1.45. The van der Waals surface area contributed by atoms with E-state index in [-0.39, 0.29) is 5.70 Å². The summed E-state index contributed by atoms with van der Waals surface area (Å²) in [4.78, 5) is 18.1. The summed E-state index contributed by atoms with van der Waals surface area (Å²) in [5.74, 6) is -0.524. The summed E-state index contributed by atoms with van der Waals surface area (Å²) in [5.41, 5.74) is 5.21. The molecule has 0 unspecified atom stereocenters. The Morgan fingerprint density at radius 3 is 3.20 bits per heavy atom. The van der Waals surface area contributed by atoms with Crippen molar-refractivity contribution in [2.75, 3.05) is 6.54 Å². The highest BCUT2D eigenvalue weighted by Crippen LogP contribution is 1.94. The Bertz CT molecular complexity index is 227. The molecule has 0 fully saturated rings. The van der Waals surface area contributed by atoms with Gasteiger partial charge >= 0.3 is 0 Å². The van der Waals surface area contributed by atoms with Gasteiger partial charge < -0.3 is 5.73 Å². The largest absolute Gasteiger partial charge is 0.364 e. The van der Waals surface area contributed by atoms with Gasteiger partial charge in [0.25, 0.3) is 5.91 Å². The van der Waals surface area contributed by atoms with Crippen LogP contribution in [0.25, 0.3) is 0 Å². The van der Waals surface area contributed by atoms with Crippen molar-refractivity contribution in [3.8, 4) is 0 Å². The molecule has 10 heavy (non-hydrogen) atoms. The maximum atomic E-state index is 10.5. The standard InChI is InChI=1S/C6H7N3O/c7-6(10)5-1-2-8-3-4-9-5/h1-2,4H,3H2,(H2,7,10). The Morgan fingerprint density at radius 2 is 2.50 bits per heavy atom. The number of nitrogens with two attached hydrogens (primary N) is 1. The van der Waals surface area contributed by atoms with Crippen LogP contribution in [0.4, 0.5) is 0 Å². The van der Waals surface area contributed by atoms with E-state index < -0.39 is 5.91 Å². The molecule has 1 aliphatic rings. The smallest absolute Gasteiger partial charge is 0.267 e. The number of hydrogen-bond acceptors (Lipinski definition) is 3. The lowest BCUT2D eigenvalue weighted by Crippen LogP contribution is -2.12. The fourth-order valence-electron chi connectivity index (χ4n) is 0.559. The molecule has 1 amide bonds. The third-order valence-corrected chi connectivity index (χ3v) is 1.01. The van der Waals surface area contributed by atoms with E-state index in [4.69, 9.17) is 5.73 Å². The second-order valence-corrected chi connectivity index (χ2v) is 1.74. The van der Waals surface area contributed by atoms with Crippen molar-refractivity contribution in [3.05, 3.63) is 11.8 Å². The van der Waals surface area contributed by atoms with Crippen LogP contribution in [0.15, 0.2) is 21.8 Å². The molecule has 0 aromatic rings. The van der Waals surface area contributed by atoms with Crippen molar-refractivity contribution >= 4 is 18.3 Å². The molecule has 0 spiro atoms. The minimum Gasteiger partial charge on any atom is -0.364 e. The highest BCUT2D eigenvalue weighted by atomic mass is 16.1. The van der Waals surface area contributed by atoms with Crippen LogP contribution in [0, 0.1) is 0 Å². The predicted octanol–water partition coefficient (Wildman–Crippen LogP) is -0.489. The summed E-state index contributed by atoms with van der Waals surface area (Å²) >= 11 is 0. The van der Waals surface area contributed by atoms with E-state index >= 15 is 0 Å². The summed E-state index contributed by atoms with van der Waals surface area (Å²) < 4.78 is 0. The first kappa shape index (κ1) is 6.67. The van der Waals surface area contributed by atoms with Gasteiger partial charge in [-0.1, -0.05) is 0 Å². The lowest BCUT2D eigenvalue weighted by atomic mass is 10.4. The molecule has 0 radical (unpaired) electrons. The molecule has 0 bridgehead atoms. The fourth-order valence-corrected chi connectivity index (χ4v) is 0.559. The van der Waals surface area contributed by atoms with Gasteiger partial charge in [-0.2, -0.15) is 0 Å². The molecule has 0 atom stereocenters. The number of hydrogen-bond donors (Lipinski definition) is 1. The van der Waals surface area contributed by atoms with Gasteiger partial charge in [0, 0.05) is 12.4 Å². The molecule has 1 heterocycles. The molecule has 4 nitrogen and oxygen atoms in total. The summed E-state index contributed by atoms with van der Waals surface area (Å²) in [6, 6.07) is 0. The van der Waals surface area contributed by atoms with E-state index in [9.17, 15) is 4.79 Å². The second kappa shape index (κ2) is 2.91. The maximum absolute atomic E-state index is 10.5. The number of carbonyl (C=O) groups excluding carboxylic acids is 1. The molecular weight excluding hydrogens is 130 g/mol. The van der Waals surface area contributed by atoms with Crippen molar-refractivity contribution in [3.63, 3.8) is 0 Å². The average molecular weight is 137 g/mol. The van der Waals surface area contributed by atoms with Gasteiger partial charge in [0.05, 0.1) is 6.54 Å². The lowest BCUT2D eigenvalue weighted by Gasteiger charge is -1.88. The van der Waals surface area contributed by atoms with E-state index in [2.05, 4.69) is 9.98 Å². The third-order valence-electron chi connectivity index (χ3n) is 1.01. The zero-order valence-corrected chi connectivity index (χ0v) is 5.32. The molecule has 0 aromatic carbocycles. The monoisotopic (exact) mass is 137 g/mol. The van der Waals surface area contributed by atoms with Gasteiger partial charge in [-0.25, -0.2) is 0 Å². The normalized spacial score (nSPS) is 16.2. The van der Waals surface area contributed by atoms with Crippen LogP contribution < -0.4 is 5.73 Å². The van der Waals surface area contributed by atoms with Crippen LogP contribution in [-0.2, 0) is 4.79 Å². The van der Waals surface area contributed by atoms with Crippen LogP contribution in [0.5, 0.6) is 0 Å². The number of rotatable bonds is 1. The highest BCUT2D eigenvalue weighted by Gasteiger charge is 2.00. The average Bonchev–Trinajstić information content (AvgIpc) is 2.12. The van der Waals surface area contributed by atoms with Gasteiger partial charge in [0.15, 0.2) is 0 Å². The molecule has 52 valence electrons. The van der Waals surface area contributed by atoms with E-state index in [0.717, 1.165) is 0 Å². The van der Waals surface area contributed by atoms with Crippen molar-refractivity contribution in [2.45, 2.75) is 0 Å². The van der Waals surface area contributed by atoms with Crippen LogP contribution in [0.2, 0.25) is 0 Å². The summed E-state index contributed by atoms with van der Waals surface area (Å²) in [6.45, 7) is 0.507. The Labute approximate surface area is 58.2 Å². The van der Waals surface area contributed by atoms with E-state index in [1.165, 1.54) is 12.3 Å². The predicted molar refractivity (Wildman–Crippen MR) is 39.1 cm³/mol. The van der Waals surface area contributed by atoms with Crippen molar-refractivity contribution in [2.24, 2.45) is 15.7 Å². The van der Waals surface area contributed by atoms with Gasteiger partial charge in [-0.15, -0.1) is 0 Å². The lowest BCUT2D eigenvalue weighted by molar-refractivity contribution is -0.114. The molecule has 0 saturated heterocycles. The van der Waals surface area contributed by atoms with Gasteiger partial charge in [-0.3, -0.25) is 14.8 Å². The molecule has 1 aliphatic heterocycles. The molecule has 2 N–H and O–H groups in total. The number of nitrogens with zero attached hydrogens (tertiary/aromatic N) is 2. The number of carbonyl (C=O) groups is 1. The van der Waals surface area contributed by atoms with E-state index in [1.54, 1.807) is 6.21 Å². The van der Waals surface area contributed by atoms with Crippen molar-refractivity contribution in [1.82, 2.24) is 0 Å². The van der Waals surface area contributed by atoms with Crippen LogP contribution in [0.3, 0.4) is 0 Å². The van der Waals surface area contributed by atoms with Crippen LogP contribution in [-0.4, -0.2) is 24.9 Å². The molecule has 0 saturated carbocycles. The first-order chi connectivity index (χ1) is 4.80. The third kappa shape index (κ3) is 1.51. The van der Waals surface area contributed by atoms with Crippen LogP contribution in [0.1, 0.15) is 0 Å². The fraction of sp³-hybridized carbons (Fsp3) is 0.167. The number of aliphatic imine (C=N–C) groups is 2. The molecular formula is C6H7N3O. The van der Waals surface area contributed by atoms with Crippen molar-refractivity contribution < 1.29 is 4.79 Å². The molecule has 1 rings (SSSR count). The summed E-state index contributed by atoms with van der Waals surface area (Å²) in [5, 5.41) is 0. The Balaban J connectivity index is 2.83. The highest BCUT2D eigenvalue weighted by molar-refractivity contribution is 5.98. The molecule has 0 aliphatic carbocycles. The molecule has 0 aromatic heterocycles. The quantitative estimate of drug-likeness (QED) is 0.520. The zero-order chi connectivity index (χ0) is 7.40. The van der Waals surface area contributed by atoms with Crippen LogP contribution >= 0.6 is 0 Å². The Kier molecular flexibility index (Phi) is 1.94. The van der Waals surface area contributed by atoms with Gasteiger partial charge in [-0.05, 0) is 6.08 Å². The first-order valence-electron chi connectivity index (χ1n) is 2.83. The van der Waals surface area contributed by atoms with Gasteiger partial charge in [0.2, 0.25) is 0 Å². The maximum Gasteiger partial charge on any atom is 0.267 e. The van der Waals surface area contributed by atoms with E-state index in [0.29, 0.717) is 6.54 Å². The second-order valence-electron chi connectivity index (χ2n) is 1.74. The van der Waals surface area contributed by atoms with E-state index in [1.807, 2.05) is 0 Å². The van der Waals surface area contributed by atoms with Crippen molar-refractivity contribution in [1.29, 1.82) is 0 Å².